The molecule has 4 fully saturated rings. The van der Waals surface area contributed by atoms with Gasteiger partial charge in [-0.1, -0.05) is 119 Å². The van der Waals surface area contributed by atoms with E-state index in [-0.39, 0.29) is 90.9 Å². The number of aromatic hydroxyl groups is 2. The van der Waals surface area contributed by atoms with Gasteiger partial charge in [-0.05, 0) is 93.7 Å². The Bertz CT molecular complexity index is 4100. The summed E-state index contributed by atoms with van der Waals surface area (Å²) >= 11 is -0.472. The molecule has 2 unspecified atom stereocenters. The fourth-order valence-electron chi connectivity index (χ4n) is 16.9. The summed E-state index contributed by atoms with van der Waals surface area (Å²) in [4.78, 5) is 96.2. The van der Waals surface area contributed by atoms with Gasteiger partial charge in [0.15, 0.2) is 48.4 Å². The molecule has 586 valence electrons. The van der Waals surface area contributed by atoms with Gasteiger partial charge in [0.2, 0.25) is 5.78 Å². The number of hydrogen-bond donors (Lipinski definition) is 11. The summed E-state index contributed by atoms with van der Waals surface area (Å²) < 4.78 is 42.3. The van der Waals surface area contributed by atoms with Crippen LogP contribution >= 0.6 is 18.8 Å². The smallest absolute Gasteiger partial charge is 0.693 e. The number of benzene rings is 5. The maximum atomic E-state index is 15.6. The average molecular weight is 1710 g/mol. The molecule has 3 saturated carbocycles. The van der Waals surface area contributed by atoms with Crippen LogP contribution in [0.2, 0.25) is 0 Å². The maximum Gasteiger partial charge on any atom is -0.693 e. The van der Waals surface area contributed by atoms with Crippen LogP contribution in [-0.2, 0) is 70.5 Å². The zero-order valence-electron chi connectivity index (χ0n) is 60.0. The predicted octanol–water partition coefficient (Wildman–Crippen LogP) is 8.88. The van der Waals surface area contributed by atoms with E-state index < -0.39 is 219 Å². The largest absolute Gasteiger partial charge is 0.693 e. The summed E-state index contributed by atoms with van der Waals surface area (Å²) in [5.74, 6) is -8.94. The topological polar surface area (TPSA) is 432 Å². The molecule has 26 nitrogen and oxygen atoms in total. The van der Waals surface area contributed by atoms with Crippen molar-refractivity contribution >= 4 is 59.8 Å². The van der Waals surface area contributed by atoms with Gasteiger partial charge in [0.05, 0.1) is 71.4 Å². The first-order chi connectivity index (χ1) is 49.1. The standard InChI is InChI=1S/C48H57NO13.C28H30O11.CH4.CH3.2ClH.H2N.Pt/c1-26-33(60-44(57)37(53)36(29-16-10-7-11-17-29)49-42(55)30-18-12-8-13-19-30)25-48(58)41(61-43(56)31-20-14-9-15-21-31)39-46(6,34(52)24-32-22-23-47(32,39)62-28(3)51)40(54)38(59-27(2)50)35(26)45(48,4)5;1-11-7-18(38-12(2)23(11)31)39-16-9-28(36,17(30)10-29)8-14-20(16)27(35)22-21(25(14)33)24(32)13-5-4-6-15(37-3)19(13)26(22)34;;;;;;/h7-21,28,32-34,36-39,41,43,51-53,56,58H,22-25H2,1-6H3,(H,49,55);4-6,11-12,16,18,23,29,31,33,35-36H,7-10H2,1-3H3;1H4;1H3;2*1H;1H2;/q;;;-1;;;-1;+4/p-2/t28?,32-,33+,34+,36+,37-,38-,39+,41+,43?,46-,47+,48-;11-,12-,16-,18-,23-,28-;;;;;;/m10....../s1. The third kappa shape index (κ3) is 15.9. The molecule has 1 heterocycles. The van der Waals surface area contributed by atoms with Crippen molar-refractivity contribution in [2.75, 3.05) is 13.7 Å². The third-order valence-electron chi connectivity index (χ3n) is 22.3. The number of esters is 2. The Labute approximate surface area is 637 Å². The number of nitrogens with one attached hydrogen (secondary N) is 1. The van der Waals surface area contributed by atoms with Gasteiger partial charge in [-0.25, -0.2) is 4.79 Å². The molecular formula is C78H96Cl2N2O24Pt. The van der Waals surface area contributed by atoms with E-state index in [1.165, 1.54) is 39.2 Å². The molecule has 12 rings (SSSR count). The van der Waals surface area contributed by atoms with Crippen LogP contribution in [0, 0.1) is 36.0 Å². The second-order valence-corrected chi connectivity index (χ2v) is 31.8. The fraction of sp³-hybridized carbons (Fsp3) is 0.487. The summed E-state index contributed by atoms with van der Waals surface area (Å²) in [5, 5.41) is 117. The second kappa shape index (κ2) is 34.6. The van der Waals surface area contributed by atoms with Crippen LogP contribution in [0.5, 0.6) is 17.2 Å². The van der Waals surface area contributed by atoms with Crippen LogP contribution < -0.4 is 10.1 Å². The van der Waals surface area contributed by atoms with E-state index in [9.17, 15) is 79.8 Å². The van der Waals surface area contributed by atoms with Crippen LogP contribution in [0.15, 0.2) is 120 Å². The van der Waals surface area contributed by atoms with E-state index in [1.54, 1.807) is 126 Å². The maximum absolute atomic E-state index is 15.6. The number of methoxy groups -OCH3 is 1. The van der Waals surface area contributed by atoms with Crippen molar-refractivity contribution in [1.82, 2.24) is 5.32 Å². The van der Waals surface area contributed by atoms with Crippen molar-refractivity contribution in [2.45, 2.75) is 198 Å². The number of nitrogens with two attached hydrogens (primary N) is 1. The number of aliphatic hydroxyl groups excluding tert-OH is 6. The zero-order chi connectivity index (χ0) is 76.0. The number of amides is 1. The minimum Gasteiger partial charge on any atom is -0.693 e. The van der Waals surface area contributed by atoms with Crippen molar-refractivity contribution in [1.29, 1.82) is 0 Å². The van der Waals surface area contributed by atoms with Gasteiger partial charge in [0, 0.05) is 71.8 Å². The van der Waals surface area contributed by atoms with E-state index in [1.807, 2.05) is 0 Å². The molecule has 5 aromatic carbocycles. The summed E-state index contributed by atoms with van der Waals surface area (Å²) in [6.07, 6.45) is -15.1. The van der Waals surface area contributed by atoms with Gasteiger partial charge in [0.25, 0.3) is 5.91 Å². The minimum absolute atomic E-state index is 0. The quantitative estimate of drug-likeness (QED) is 0.0133. The Morgan fingerprint density at radius 2 is 1.37 bits per heavy atom. The monoisotopic (exact) mass is 1710 g/mol. The number of carbonyl (C=O) groups excluding carboxylic acids is 7. The molecule has 29 heteroatoms. The van der Waals surface area contributed by atoms with Gasteiger partial charge < -0.3 is 103 Å². The summed E-state index contributed by atoms with van der Waals surface area (Å²) in [7, 11) is 11.1. The number of Topliss-reactive ketones (excluding diaryl/α,β-unsaturated/α-hetero) is 2. The minimum atomic E-state index is -2.24. The number of halogens is 2. The molecule has 1 aliphatic heterocycles. The van der Waals surface area contributed by atoms with Crippen LogP contribution in [0.3, 0.4) is 0 Å². The normalized spacial score (nSPS) is 30.3. The molecule has 0 spiro atoms. The molecular weight excluding hydrogens is 1610 g/mol. The van der Waals surface area contributed by atoms with E-state index in [2.05, 4.69) is 5.32 Å². The third-order valence-corrected chi connectivity index (χ3v) is 22.3. The molecule has 7 aliphatic rings. The van der Waals surface area contributed by atoms with Crippen LogP contribution in [-0.4, -0.2) is 178 Å². The Kier molecular flexibility index (Phi) is 28.2. The SMILES string of the molecule is C.CC(=O)O[C@H]1C(=O)[C@@]2(C)[C@H]([C@H](OC(O)c3ccccc3)[C@]3(O)C[C@H](OC(=O)[C@H](O)[C@@H](NC(=O)c4ccccc4)c4ccccc4)C(C)=C1C3(C)C)[C@]1(OC(C)O)CC[C@@H]1C[C@@H]2O.COc1cccc2c1C(=O)c1c(O)c3c(c(O)c1C2=O)C[C@@](O)(C(=O)CO)C[C@@H]3O[C@H]1C[C@H](C)[C@H](O)[C@H](C)O1.[CH3-].[Cl][Pt+2][Cl].[NH2-]. The van der Waals surface area contributed by atoms with E-state index in [0.29, 0.717) is 17.5 Å². The molecule has 0 radical (unpaired) electrons. The average Bonchev–Trinajstić information content (AvgIpc) is 0.668. The van der Waals surface area contributed by atoms with Gasteiger partial charge in [-0.15, -0.1) is 0 Å². The Balaban J connectivity index is 0.000000305. The first kappa shape index (κ1) is 87.3. The van der Waals surface area contributed by atoms with E-state index in [4.69, 9.17) is 52.0 Å². The number of phenols is 2. The number of aliphatic hydroxyl groups is 8. The molecule has 6 aliphatic carbocycles. The summed E-state index contributed by atoms with van der Waals surface area (Å²) in [6, 6.07) is 28.1. The van der Waals surface area contributed by atoms with Gasteiger partial charge in [-0.2, -0.15) is 0 Å². The second-order valence-electron chi connectivity index (χ2n) is 28.6. The summed E-state index contributed by atoms with van der Waals surface area (Å²) in [5.41, 5.74) is -9.26. The number of rotatable bonds is 17. The molecule has 1 amide bonds. The van der Waals surface area contributed by atoms with E-state index in [0.717, 1.165) is 6.92 Å². The van der Waals surface area contributed by atoms with Gasteiger partial charge in [0.1, 0.15) is 41.2 Å². The number of fused-ring (bicyclic) bond motifs is 8. The Hall–Kier alpha value is -6.92. The van der Waals surface area contributed by atoms with Crippen molar-refractivity contribution in [3.63, 3.8) is 0 Å². The Morgan fingerprint density at radius 3 is 1.93 bits per heavy atom. The number of ether oxygens (including phenoxy) is 7. The number of phenolic OH excluding ortho intramolecular Hbond substituents is 2. The first-order valence-corrected chi connectivity index (χ1v) is 39.7. The number of hydrogen-bond acceptors (Lipinski definition) is 24. The van der Waals surface area contributed by atoms with Crippen LogP contribution in [0.4, 0.5) is 0 Å². The van der Waals surface area contributed by atoms with Gasteiger partial charge in [-0.3, -0.25) is 28.8 Å². The first-order valence-electron chi connectivity index (χ1n) is 34.0. The number of ketones is 4. The molecule has 19 atom stereocenters. The predicted molar refractivity (Wildman–Crippen MR) is 385 cm³/mol. The van der Waals surface area contributed by atoms with Crippen molar-refractivity contribution in [3.05, 3.63) is 184 Å². The molecule has 107 heavy (non-hydrogen) atoms. The fourth-order valence-corrected chi connectivity index (χ4v) is 16.9. The van der Waals surface area contributed by atoms with Crippen molar-refractivity contribution in [3.8, 4) is 17.2 Å². The molecule has 13 N–H and O–H groups in total. The van der Waals surface area contributed by atoms with Gasteiger partial charge >= 0.3 is 47.3 Å². The molecule has 0 aromatic heterocycles. The summed E-state index contributed by atoms with van der Waals surface area (Å²) in [6.45, 7) is 11.4. The Morgan fingerprint density at radius 1 is 0.785 bits per heavy atom. The molecule has 1 saturated heterocycles. The van der Waals surface area contributed by atoms with Crippen molar-refractivity contribution < 1.29 is 134 Å². The van der Waals surface area contributed by atoms with E-state index >= 15 is 4.79 Å². The molecule has 2 bridgehead atoms. The zero-order valence-corrected chi connectivity index (χ0v) is 63.8. The van der Waals surface area contributed by atoms with Crippen LogP contribution in [0.1, 0.15) is 184 Å². The van der Waals surface area contributed by atoms with Crippen molar-refractivity contribution in [2.24, 2.45) is 28.6 Å². The number of carbonyl (C=O) groups is 7. The molecule has 5 aromatic rings. The van der Waals surface area contributed by atoms with Crippen LogP contribution in [0.25, 0.3) is 6.15 Å².